The zero-order valence-electron chi connectivity index (χ0n) is 17.2. The lowest BCUT2D eigenvalue weighted by molar-refractivity contribution is 0.417. The summed E-state index contributed by atoms with van der Waals surface area (Å²) in [6.07, 6.45) is 16.9. The van der Waals surface area contributed by atoms with E-state index in [9.17, 15) is 0 Å². The topological polar surface area (TPSA) is 0 Å². The van der Waals surface area contributed by atoms with Crippen LogP contribution in [0.25, 0.3) is 0 Å². The van der Waals surface area contributed by atoms with Gasteiger partial charge in [-0.3, -0.25) is 0 Å². The smallest absolute Gasteiger partial charge is 0.0443 e. The molecule has 0 nitrogen and oxygen atoms in total. The van der Waals surface area contributed by atoms with Crippen LogP contribution in [-0.4, -0.2) is 0 Å². The molecule has 0 spiro atoms. The second kappa shape index (κ2) is 19.0. The Hall–Kier alpha value is 0. The van der Waals surface area contributed by atoms with Crippen molar-refractivity contribution in [3.8, 4) is 0 Å². The SMILES string of the molecule is CCCC(C)CCC.CCC[C@@H](C)CCCC[C@@H](C)CCC. The van der Waals surface area contributed by atoms with Crippen molar-refractivity contribution in [1.29, 1.82) is 0 Å². The third-order valence-electron chi connectivity index (χ3n) is 4.77. The lowest BCUT2D eigenvalue weighted by atomic mass is 9.95. The summed E-state index contributed by atoms with van der Waals surface area (Å²) in [5.74, 6) is 2.88. The van der Waals surface area contributed by atoms with Crippen LogP contribution in [0.1, 0.15) is 126 Å². The highest BCUT2D eigenvalue weighted by atomic mass is 14.1. The van der Waals surface area contributed by atoms with E-state index in [0.29, 0.717) is 0 Å². The maximum Gasteiger partial charge on any atom is -0.0443 e. The van der Waals surface area contributed by atoms with E-state index in [-0.39, 0.29) is 0 Å². The minimum atomic E-state index is 0.960. The normalized spacial score (nSPS) is 13.6. The fourth-order valence-corrected chi connectivity index (χ4v) is 3.39. The van der Waals surface area contributed by atoms with Crippen molar-refractivity contribution in [2.45, 2.75) is 126 Å². The summed E-state index contributed by atoms with van der Waals surface area (Å²) in [6, 6.07) is 0. The van der Waals surface area contributed by atoms with Crippen LogP contribution >= 0.6 is 0 Å². The molecule has 0 rings (SSSR count). The predicted molar refractivity (Wildman–Crippen MR) is 106 cm³/mol. The third kappa shape index (κ3) is 20.0. The molecule has 0 aromatic heterocycles. The minimum absolute atomic E-state index is 0.960. The quantitative estimate of drug-likeness (QED) is 0.298. The van der Waals surface area contributed by atoms with Crippen LogP contribution in [0.5, 0.6) is 0 Å². The van der Waals surface area contributed by atoms with Gasteiger partial charge in [-0.05, 0) is 17.8 Å². The molecule has 0 N–H and O–H groups in total. The Labute approximate surface area is 143 Å². The molecule has 0 radical (unpaired) electrons. The van der Waals surface area contributed by atoms with Gasteiger partial charge in [-0.2, -0.15) is 0 Å². The molecule has 0 heterocycles. The van der Waals surface area contributed by atoms with Crippen LogP contribution in [0.3, 0.4) is 0 Å². The van der Waals surface area contributed by atoms with E-state index in [4.69, 9.17) is 0 Å². The first-order valence-electron chi connectivity index (χ1n) is 10.5. The Bertz CT molecular complexity index is 164. The van der Waals surface area contributed by atoms with E-state index in [1.54, 1.807) is 0 Å². The molecule has 0 saturated carbocycles. The van der Waals surface area contributed by atoms with E-state index in [2.05, 4.69) is 48.5 Å². The van der Waals surface area contributed by atoms with Gasteiger partial charge in [0.15, 0.2) is 0 Å². The number of hydrogen-bond acceptors (Lipinski definition) is 0. The Morgan fingerprint density at radius 1 is 0.409 bits per heavy atom. The summed E-state index contributed by atoms with van der Waals surface area (Å²) in [7, 11) is 0. The summed E-state index contributed by atoms with van der Waals surface area (Å²) < 4.78 is 0. The van der Waals surface area contributed by atoms with E-state index in [1.807, 2.05) is 0 Å². The zero-order valence-corrected chi connectivity index (χ0v) is 17.2. The first-order chi connectivity index (χ1) is 10.5. The average molecular weight is 313 g/mol. The van der Waals surface area contributed by atoms with Gasteiger partial charge in [0.05, 0.1) is 0 Å². The fourth-order valence-electron chi connectivity index (χ4n) is 3.39. The second-order valence-electron chi connectivity index (χ2n) is 7.75. The van der Waals surface area contributed by atoms with Gasteiger partial charge in [-0.15, -0.1) is 0 Å². The molecule has 2 atom stereocenters. The van der Waals surface area contributed by atoms with Gasteiger partial charge in [0.2, 0.25) is 0 Å². The molecule has 0 aromatic carbocycles. The van der Waals surface area contributed by atoms with Crippen molar-refractivity contribution in [3.63, 3.8) is 0 Å². The van der Waals surface area contributed by atoms with Gasteiger partial charge >= 0.3 is 0 Å². The van der Waals surface area contributed by atoms with Crippen molar-refractivity contribution >= 4 is 0 Å². The molecule has 22 heavy (non-hydrogen) atoms. The Morgan fingerprint density at radius 3 is 0.864 bits per heavy atom. The second-order valence-corrected chi connectivity index (χ2v) is 7.75. The largest absolute Gasteiger partial charge is 0.0654 e. The van der Waals surface area contributed by atoms with Crippen LogP contribution < -0.4 is 0 Å². The fraction of sp³-hybridized carbons (Fsp3) is 1.00. The first-order valence-corrected chi connectivity index (χ1v) is 10.5. The molecule has 0 heteroatoms. The number of hydrogen-bond donors (Lipinski definition) is 0. The molecule has 0 aliphatic heterocycles. The van der Waals surface area contributed by atoms with E-state index in [0.717, 1.165) is 17.8 Å². The molecular weight excluding hydrogens is 264 g/mol. The lowest BCUT2D eigenvalue weighted by Crippen LogP contribution is -1.97. The van der Waals surface area contributed by atoms with Gasteiger partial charge in [-0.1, -0.05) is 126 Å². The maximum atomic E-state index is 2.40. The number of unbranched alkanes of at least 4 members (excludes halogenated alkanes) is 1. The molecule has 0 saturated heterocycles. The molecule has 136 valence electrons. The summed E-state index contributed by atoms with van der Waals surface area (Å²) in [5.41, 5.74) is 0. The van der Waals surface area contributed by atoms with Gasteiger partial charge in [0.25, 0.3) is 0 Å². The van der Waals surface area contributed by atoms with Crippen LogP contribution in [-0.2, 0) is 0 Å². The van der Waals surface area contributed by atoms with Crippen molar-refractivity contribution in [2.24, 2.45) is 17.8 Å². The molecule has 0 aliphatic rings. The van der Waals surface area contributed by atoms with Gasteiger partial charge in [-0.25, -0.2) is 0 Å². The highest BCUT2D eigenvalue weighted by Crippen LogP contribution is 2.18. The number of rotatable bonds is 13. The Kier molecular flexibility index (Phi) is 21.0. The predicted octanol–water partition coefficient (Wildman–Crippen LogP) is 8.64. The summed E-state index contributed by atoms with van der Waals surface area (Å²) >= 11 is 0. The first kappa shape index (κ1) is 24.3. The van der Waals surface area contributed by atoms with Crippen LogP contribution in [0.4, 0.5) is 0 Å². The van der Waals surface area contributed by atoms with Gasteiger partial charge in [0.1, 0.15) is 0 Å². The summed E-state index contributed by atoms with van der Waals surface area (Å²) in [6.45, 7) is 16.2. The van der Waals surface area contributed by atoms with Crippen LogP contribution in [0.2, 0.25) is 0 Å². The Morgan fingerprint density at radius 2 is 0.636 bits per heavy atom. The molecule has 0 bridgehead atoms. The highest BCUT2D eigenvalue weighted by Gasteiger charge is 2.03. The molecule has 0 unspecified atom stereocenters. The minimum Gasteiger partial charge on any atom is -0.0654 e. The van der Waals surface area contributed by atoms with Crippen molar-refractivity contribution in [1.82, 2.24) is 0 Å². The van der Waals surface area contributed by atoms with Crippen LogP contribution in [0.15, 0.2) is 0 Å². The van der Waals surface area contributed by atoms with E-state index < -0.39 is 0 Å². The molecule has 0 amide bonds. The zero-order chi connectivity index (χ0) is 17.2. The van der Waals surface area contributed by atoms with Crippen LogP contribution in [0, 0.1) is 17.8 Å². The molecule has 0 aromatic rings. The third-order valence-corrected chi connectivity index (χ3v) is 4.77. The molecule has 0 aliphatic carbocycles. The van der Waals surface area contributed by atoms with Gasteiger partial charge in [0, 0.05) is 0 Å². The van der Waals surface area contributed by atoms with E-state index in [1.165, 1.54) is 77.0 Å². The molecule has 0 fully saturated rings. The van der Waals surface area contributed by atoms with Crippen molar-refractivity contribution in [3.05, 3.63) is 0 Å². The summed E-state index contributed by atoms with van der Waals surface area (Å²) in [4.78, 5) is 0. The maximum absolute atomic E-state index is 2.40. The summed E-state index contributed by atoms with van der Waals surface area (Å²) in [5, 5.41) is 0. The van der Waals surface area contributed by atoms with Gasteiger partial charge < -0.3 is 0 Å². The lowest BCUT2D eigenvalue weighted by Gasteiger charge is -2.12. The average Bonchev–Trinajstić information content (AvgIpc) is 2.45. The van der Waals surface area contributed by atoms with Crippen molar-refractivity contribution in [2.75, 3.05) is 0 Å². The highest BCUT2D eigenvalue weighted by molar-refractivity contribution is 4.56. The monoisotopic (exact) mass is 312 g/mol. The Balaban J connectivity index is 0. The standard InChI is InChI=1S/C14H30.C8H18/c1-5-9-13(3)11-7-8-12-14(4)10-6-2;1-4-6-8(3)7-5-2/h13-14H,5-12H2,1-4H3;8H,4-7H2,1-3H3/t13-,14+;. The van der Waals surface area contributed by atoms with Crippen molar-refractivity contribution < 1.29 is 0 Å². The van der Waals surface area contributed by atoms with E-state index >= 15 is 0 Å². The molecular formula is C22H48.